The summed E-state index contributed by atoms with van der Waals surface area (Å²) in [5, 5.41) is 3.95. The summed E-state index contributed by atoms with van der Waals surface area (Å²) in [4.78, 5) is 28.9. The highest BCUT2D eigenvalue weighted by molar-refractivity contribution is 6.32. The van der Waals surface area contributed by atoms with Gasteiger partial charge < -0.3 is 14.8 Å². The van der Waals surface area contributed by atoms with E-state index in [0.29, 0.717) is 16.1 Å². The van der Waals surface area contributed by atoms with Gasteiger partial charge in [-0.25, -0.2) is 9.59 Å². The molecular formula is C20H25ClN2O4. The summed E-state index contributed by atoms with van der Waals surface area (Å²) in [5.41, 5.74) is 0.652. The molecule has 0 fully saturated rings. The van der Waals surface area contributed by atoms with Crippen LogP contribution in [-0.4, -0.2) is 28.7 Å². The van der Waals surface area contributed by atoms with Crippen molar-refractivity contribution >= 4 is 34.6 Å². The summed E-state index contributed by atoms with van der Waals surface area (Å²) >= 11 is 6.26. The average Bonchev–Trinajstić information content (AvgIpc) is 2.56. The second kappa shape index (κ2) is 8.57. The zero-order valence-corrected chi connectivity index (χ0v) is 17.0. The number of aromatic nitrogens is 1. The fourth-order valence-electron chi connectivity index (χ4n) is 2.48. The van der Waals surface area contributed by atoms with Crippen LogP contribution in [0.15, 0.2) is 30.5 Å². The number of nitrogens with one attached hydrogen (secondary N) is 1. The fourth-order valence-corrected chi connectivity index (χ4v) is 2.69. The summed E-state index contributed by atoms with van der Waals surface area (Å²) in [7, 11) is 0. The molecule has 0 aliphatic carbocycles. The predicted molar refractivity (Wildman–Crippen MR) is 105 cm³/mol. The average molecular weight is 393 g/mol. The van der Waals surface area contributed by atoms with Crippen LogP contribution in [0.25, 0.3) is 10.9 Å². The lowest BCUT2D eigenvalue weighted by atomic mass is 10.0. The second-order valence-corrected chi connectivity index (χ2v) is 7.98. The number of nitrogens with zero attached hydrogens (tertiary/aromatic N) is 1. The zero-order chi connectivity index (χ0) is 20.2. The topological polar surface area (TPSA) is 77.5 Å². The first-order valence-corrected chi connectivity index (χ1v) is 9.14. The third-order valence-electron chi connectivity index (χ3n) is 3.77. The number of carbonyl (C=O) groups is 2. The van der Waals surface area contributed by atoms with Crippen molar-refractivity contribution in [3.05, 3.63) is 41.0 Å². The molecule has 1 N–H and O–H groups in total. The maximum atomic E-state index is 12.6. The molecule has 0 saturated heterocycles. The Balaban J connectivity index is 2.11. The number of halogens is 1. The Morgan fingerprint density at radius 2 is 1.93 bits per heavy atom. The van der Waals surface area contributed by atoms with E-state index in [1.807, 2.05) is 32.0 Å². The number of alkyl carbamates (subject to hydrolysis) is 1. The molecule has 1 atom stereocenters. The highest BCUT2D eigenvalue weighted by Gasteiger charge is 2.28. The largest absolute Gasteiger partial charge is 0.459 e. The van der Waals surface area contributed by atoms with Crippen LogP contribution >= 0.6 is 11.6 Å². The summed E-state index contributed by atoms with van der Waals surface area (Å²) < 4.78 is 10.7. The molecule has 0 bridgehead atoms. The number of ether oxygens (including phenoxy) is 2. The van der Waals surface area contributed by atoms with Crippen LogP contribution < -0.4 is 5.32 Å². The molecule has 0 saturated carbocycles. The summed E-state index contributed by atoms with van der Waals surface area (Å²) in [6.45, 7) is 8.86. The van der Waals surface area contributed by atoms with Crippen molar-refractivity contribution in [3.8, 4) is 0 Å². The van der Waals surface area contributed by atoms with Crippen LogP contribution in [0, 0.1) is 5.92 Å². The third kappa shape index (κ3) is 5.82. The quantitative estimate of drug-likeness (QED) is 0.759. The summed E-state index contributed by atoms with van der Waals surface area (Å²) in [5.74, 6) is -0.731. The molecule has 0 aliphatic rings. The molecule has 146 valence electrons. The number of pyridine rings is 1. The lowest BCUT2D eigenvalue weighted by molar-refractivity contribution is -0.148. The molecule has 2 aromatic rings. The van der Waals surface area contributed by atoms with Gasteiger partial charge in [0.1, 0.15) is 18.2 Å². The molecule has 1 heterocycles. The highest BCUT2D eigenvalue weighted by Crippen LogP contribution is 2.25. The van der Waals surface area contributed by atoms with E-state index in [1.54, 1.807) is 33.0 Å². The Bertz CT molecular complexity index is 830. The van der Waals surface area contributed by atoms with E-state index in [2.05, 4.69) is 10.3 Å². The van der Waals surface area contributed by atoms with E-state index in [1.165, 1.54) is 0 Å². The van der Waals surface area contributed by atoms with Crippen LogP contribution in [0.5, 0.6) is 0 Å². The Hall–Kier alpha value is -2.34. The molecular weight excluding hydrogens is 368 g/mol. The van der Waals surface area contributed by atoms with Gasteiger partial charge in [-0.3, -0.25) is 4.98 Å². The minimum Gasteiger partial charge on any atom is -0.459 e. The van der Waals surface area contributed by atoms with E-state index in [9.17, 15) is 9.59 Å². The minimum atomic E-state index is -0.832. The molecule has 1 amide bonds. The smallest absolute Gasteiger partial charge is 0.408 e. The van der Waals surface area contributed by atoms with Crippen LogP contribution in [0.3, 0.4) is 0 Å². The van der Waals surface area contributed by atoms with Crippen molar-refractivity contribution < 1.29 is 19.1 Å². The van der Waals surface area contributed by atoms with Gasteiger partial charge >= 0.3 is 12.1 Å². The van der Waals surface area contributed by atoms with Gasteiger partial charge in [-0.05, 0) is 38.8 Å². The SMILES string of the molecule is CC(C)[C@H](NC(=O)OC(C)(C)C)C(=O)OCc1c(Cl)ccc2cccnc12. The van der Waals surface area contributed by atoms with Gasteiger partial charge in [-0.15, -0.1) is 0 Å². The number of hydrogen-bond donors (Lipinski definition) is 1. The summed E-state index contributed by atoms with van der Waals surface area (Å²) in [6.07, 6.45) is 0.994. The van der Waals surface area contributed by atoms with Crippen molar-refractivity contribution in [2.45, 2.75) is 52.9 Å². The molecule has 1 aromatic carbocycles. The molecule has 27 heavy (non-hydrogen) atoms. The van der Waals surface area contributed by atoms with Crippen molar-refractivity contribution in [3.63, 3.8) is 0 Å². The van der Waals surface area contributed by atoms with Gasteiger partial charge in [-0.1, -0.05) is 37.6 Å². The first-order valence-electron chi connectivity index (χ1n) is 8.77. The number of rotatable bonds is 5. The van der Waals surface area contributed by atoms with Crippen LogP contribution in [0.1, 0.15) is 40.2 Å². The monoisotopic (exact) mass is 392 g/mol. The molecule has 2 rings (SSSR count). The lowest BCUT2D eigenvalue weighted by Crippen LogP contribution is -2.47. The van der Waals surface area contributed by atoms with E-state index in [-0.39, 0.29) is 12.5 Å². The van der Waals surface area contributed by atoms with Gasteiger partial charge in [0.25, 0.3) is 0 Å². The van der Waals surface area contributed by atoms with Gasteiger partial charge in [0, 0.05) is 22.2 Å². The first-order chi connectivity index (χ1) is 12.6. The molecule has 0 radical (unpaired) electrons. The molecule has 1 aromatic heterocycles. The minimum absolute atomic E-state index is 0.0365. The third-order valence-corrected chi connectivity index (χ3v) is 4.13. The van der Waals surface area contributed by atoms with Crippen molar-refractivity contribution in [1.82, 2.24) is 10.3 Å². The van der Waals surface area contributed by atoms with Gasteiger partial charge in [-0.2, -0.15) is 0 Å². The number of hydrogen-bond acceptors (Lipinski definition) is 5. The van der Waals surface area contributed by atoms with Crippen molar-refractivity contribution in [2.75, 3.05) is 0 Å². The van der Waals surface area contributed by atoms with Gasteiger partial charge in [0.15, 0.2) is 0 Å². The van der Waals surface area contributed by atoms with E-state index in [0.717, 1.165) is 5.39 Å². The molecule has 7 heteroatoms. The number of carbonyl (C=O) groups excluding carboxylic acids is 2. The number of fused-ring (bicyclic) bond motifs is 1. The van der Waals surface area contributed by atoms with Crippen LogP contribution in [0.4, 0.5) is 4.79 Å². The predicted octanol–water partition coefficient (Wildman–Crippen LogP) is 4.48. The highest BCUT2D eigenvalue weighted by atomic mass is 35.5. The van der Waals surface area contributed by atoms with E-state index < -0.39 is 23.7 Å². The number of amides is 1. The zero-order valence-electron chi connectivity index (χ0n) is 16.2. The molecule has 0 spiro atoms. The Morgan fingerprint density at radius 1 is 1.22 bits per heavy atom. The Kier molecular flexibility index (Phi) is 6.65. The number of benzene rings is 1. The van der Waals surface area contributed by atoms with Crippen LogP contribution in [-0.2, 0) is 20.9 Å². The summed E-state index contributed by atoms with van der Waals surface area (Å²) in [6, 6.07) is 6.50. The maximum Gasteiger partial charge on any atom is 0.408 e. The van der Waals surface area contributed by atoms with Gasteiger partial charge in [0.2, 0.25) is 0 Å². The van der Waals surface area contributed by atoms with Crippen molar-refractivity contribution in [1.29, 1.82) is 0 Å². The lowest BCUT2D eigenvalue weighted by Gasteiger charge is -2.24. The molecule has 0 aliphatic heterocycles. The Morgan fingerprint density at radius 3 is 2.56 bits per heavy atom. The van der Waals surface area contributed by atoms with Crippen molar-refractivity contribution in [2.24, 2.45) is 5.92 Å². The van der Waals surface area contributed by atoms with Gasteiger partial charge in [0.05, 0.1) is 5.52 Å². The maximum absolute atomic E-state index is 12.6. The second-order valence-electron chi connectivity index (χ2n) is 7.58. The standard InChI is InChI=1S/C20H25ClN2O4/c1-12(2)16(23-19(25)27-20(3,4)5)18(24)26-11-14-15(21)9-8-13-7-6-10-22-17(13)14/h6-10,12,16H,11H2,1-5H3,(H,23,25)/t16-/m0/s1. The van der Waals surface area contributed by atoms with E-state index >= 15 is 0 Å². The van der Waals surface area contributed by atoms with Crippen LogP contribution in [0.2, 0.25) is 5.02 Å². The fraction of sp³-hybridized carbons (Fsp3) is 0.450. The van der Waals surface area contributed by atoms with E-state index in [4.69, 9.17) is 21.1 Å². The number of esters is 1. The Labute approximate surface area is 164 Å². The molecule has 6 nitrogen and oxygen atoms in total. The normalized spacial score (nSPS) is 12.7. The molecule has 0 unspecified atom stereocenters. The first kappa shape index (κ1) is 21.0.